The highest BCUT2D eigenvalue weighted by Gasteiger charge is 2.17. The average Bonchev–Trinajstić information content (AvgIpc) is 2.83. The predicted octanol–water partition coefficient (Wildman–Crippen LogP) is 4.02. The zero-order chi connectivity index (χ0) is 14.8. The van der Waals surface area contributed by atoms with Gasteiger partial charge in [-0.2, -0.15) is 0 Å². The maximum absolute atomic E-state index is 12.5. The van der Waals surface area contributed by atoms with Crippen molar-refractivity contribution in [3.05, 3.63) is 40.9 Å². The van der Waals surface area contributed by atoms with Gasteiger partial charge in [0.05, 0.1) is 22.7 Å². The first-order valence-electron chi connectivity index (χ1n) is 7.74. The Bertz CT molecular complexity index is 810. The van der Waals surface area contributed by atoms with Crippen LogP contribution < -0.4 is 5.69 Å². The Hall–Kier alpha value is -2.10. The highest BCUT2D eigenvalue weighted by atomic mass is 16.1. The molecule has 0 saturated carbocycles. The Labute approximate surface area is 123 Å². The van der Waals surface area contributed by atoms with Gasteiger partial charge in [-0.25, -0.2) is 4.79 Å². The highest BCUT2D eigenvalue weighted by Crippen LogP contribution is 2.26. The lowest BCUT2D eigenvalue weighted by molar-refractivity contribution is 0.426. The average molecular weight is 283 g/mol. The van der Waals surface area contributed by atoms with Crippen LogP contribution in [-0.2, 0) is 0 Å². The molecule has 0 aliphatic carbocycles. The van der Waals surface area contributed by atoms with E-state index < -0.39 is 0 Å². The summed E-state index contributed by atoms with van der Waals surface area (Å²) in [6.45, 7) is 4.33. The van der Waals surface area contributed by atoms with Gasteiger partial charge < -0.3 is 4.98 Å². The number of H-pyrrole nitrogens is 1. The number of nitrogens with one attached hydrogen (secondary N) is 1. The lowest BCUT2D eigenvalue weighted by atomic mass is 10.1. The molecule has 3 aromatic rings. The van der Waals surface area contributed by atoms with Crippen molar-refractivity contribution < 1.29 is 0 Å². The third-order valence-corrected chi connectivity index (χ3v) is 4.07. The van der Waals surface area contributed by atoms with Gasteiger partial charge in [0.15, 0.2) is 0 Å². The molecule has 21 heavy (non-hydrogen) atoms. The molecule has 0 spiro atoms. The van der Waals surface area contributed by atoms with Crippen LogP contribution in [0.15, 0.2) is 35.3 Å². The molecule has 4 heteroatoms. The van der Waals surface area contributed by atoms with Crippen molar-refractivity contribution in [2.45, 2.75) is 45.6 Å². The number of para-hydroxylation sites is 1. The summed E-state index contributed by atoms with van der Waals surface area (Å²) in [4.78, 5) is 20.0. The lowest BCUT2D eigenvalue weighted by Gasteiger charge is -2.17. The molecule has 2 heterocycles. The first kappa shape index (κ1) is 13.9. The molecule has 0 saturated heterocycles. The fourth-order valence-electron chi connectivity index (χ4n) is 3.15. The molecule has 0 radical (unpaired) electrons. The van der Waals surface area contributed by atoms with E-state index in [1.165, 1.54) is 0 Å². The molecule has 2 aromatic heterocycles. The Kier molecular flexibility index (Phi) is 3.78. The maximum Gasteiger partial charge on any atom is 0.326 e. The van der Waals surface area contributed by atoms with Crippen LogP contribution in [-0.4, -0.2) is 14.5 Å². The molecular weight excluding hydrogens is 262 g/mol. The fourth-order valence-corrected chi connectivity index (χ4v) is 3.15. The molecule has 0 bridgehead atoms. The van der Waals surface area contributed by atoms with E-state index in [0.29, 0.717) is 0 Å². The summed E-state index contributed by atoms with van der Waals surface area (Å²) in [6.07, 6.45) is 6.02. The number of rotatable bonds is 5. The van der Waals surface area contributed by atoms with Gasteiger partial charge in [0.1, 0.15) is 0 Å². The summed E-state index contributed by atoms with van der Waals surface area (Å²) in [5, 5.41) is 1.01. The number of imidazole rings is 1. The van der Waals surface area contributed by atoms with E-state index >= 15 is 0 Å². The quantitative estimate of drug-likeness (QED) is 0.769. The Morgan fingerprint density at radius 3 is 2.62 bits per heavy atom. The monoisotopic (exact) mass is 283 g/mol. The van der Waals surface area contributed by atoms with Crippen molar-refractivity contribution in [1.82, 2.24) is 14.5 Å². The van der Waals surface area contributed by atoms with E-state index in [2.05, 4.69) is 23.8 Å². The van der Waals surface area contributed by atoms with E-state index in [0.717, 1.165) is 47.6 Å². The molecule has 110 valence electrons. The van der Waals surface area contributed by atoms with Gasteiger partial charge in [0, 0.05) is 11.4 Å². The molecule has 3 rings (SSSR count). The Morgan fingerprint density at radius 2 is 1.90 bits per heavy atom. The second kappa shape index (κ2) is 5.72. The van der Waals surface area contributed by atoms with Gasteiger partial charge in [-0.3, -0.25) is 9.55 Å². The van der Waals surface area contributed by atoms with Gasteiger partial charge in [0.25, 0.3) is 0 Å². The summed E-state index contributed by atoms with van der Waals surface area (Å²) in [6, 6.07) is 8.19. The minimum Gasteiger partial charge on any atom is -0.305 e. The third kappa shape index (κ3) is 2.35. The lowest BCUT2D eigenvalue weighted by Crippen LogP contribution is -2.22. The van der Waals surface area contributed by atoms with Crippen molar-refractivity contribution in [3.8, 4) is 0 Å². The van der Waals surface area contributed by atoms with E-state index in [1.54, 1.807) is 0 Å². The van der Waals surface area contributed by atoms with Crippen LogP contribution in [0.2, 0.25) is 0 Å². The summed E-state index contributed by atoms with van der Waals surface area (Å²) in [7, 11) is 0. The molecule has 0 amide bonds. The van der Waals surface area contributed by atoms with Crippen molar-refractivity contribution >= 4 is 21.9 Å². The van der Waals surface area contributed by atoms with Gasteiger partial charge in [-0.15, -0.1) is 0 Å². The molecule has 0 fully saturated rings. The predicted molar refractivity (Wildman–Crippen MR) is 86.7 cm³/mol. The number of nitrogens with zero attached hydrogens (tertiary/aromatic N) is 2. The number of aromatic amines is 1. The van der Waals surface area contributed by atoms with Crippen LogP contribution in [0.1, 0.15) is 45.6 Å². The topological polar surface area (TPSA) is 50.7 Å². The van der Waals surface area contributed by atoms with Crippen LogP contribution in [0.3, 0.4) is 0 Å². The third-order valence-electron chi connectivity index (χ3n) is 4.07. The summed E-state index contributed by atoms with van der Waals surface area (Å²) in [5.74, 6) is 0. The molecule has 1 aromatic carbocycles. The fraction of sp³-hybridized carbons (Fsp3) is 0.412. The van der Waals surface area contributed by atoms with Crippen LogP contribution in [0.5, 0.6) is 0 Å². The molecule has 0 aliphatic heterocycles. The Balaban J connectivity index is 2.25. The molecule has 0 aliphatic rings. The second-order valence-corrected chi connectivity index (χ2v) is 5.57. The van der Waals surface area contributed by atoms with Gasteiger partial charge >= 0.3 is 5.69 Å². The minimum absolute atomic E-state index is 0.0185. The van der Waals surface area contributed by atoms with Gasteiger partial charge in [-0.05, 0) is 18.9 Å². The maximum atomic E-state index is 12.5. The number of hydrogen-bond acceptors (Lipinski definition) is 2. The smallest absolute Gasteiger partial charge is 0.305 e. The standard InChI is InChI=1S/C17H21N3O/c1-3-7-12(8-4-2)20-15-11-18-14-10-6-5-9-13(14)16(15)19-17(20)21/h5-6,9-12H,3-4,7-8H2,1-2H3,(H,19,21). The SMILES string of the molecule is CCCC(CCC)n1c(=O)[nH]c2c3ccccc3ncc21. The number of aromatic nitrogens is 3. The molecule has 1 N–H and O–H groups in total. The number of pyridine rings is 1. The largest absolute Gasteiger partial charge is 0.326 e. The van der Waals surface area contributed by atoms with E-state index in [4.69, 9.17) is 0 Å². The summed E-state index contributed by atoms with van der Waals surface area (Å²) in [5.41, 5.74) is 2.73. The first-order valence-corrected chi connectivity index (χ1v) is 7.74. The summed E-state index contributed by atoms with van der Waals surface area (Å²) < 4.78 is 1.90. The first-order chi connectivity index (χ1) is 10.3. The molecule has 0 atom stereocenters. The normalized spacial score (nSPS) is 11.8. The molecule has 4 nitrogen and oxygen atoms in total. The van der Waals surface area contributed by atoms with Crippen molar-refractivity contribution in [2.24, 2.45) is 0 Å². The van der Waals surface area contributed by atoms with Gasteiger partial charge in [-0.1, -0.05) is 44.9 Å². The zero-order valence-electron chi connectivity index (χ0n) is 12.6. The van der Waals surface area contributed by atoms with E-state index in [-0.39, 0.29) is 11.7 Å². The van der Waals surface area contributed by atoms with E-state index in [1.807, 2.05) is 35.0 Å². The van der Waals surface area contributed by atoms with Crippen LogP contribution in [0, 0.1) is 0 Å². The number of hydrogen-bond donors (Lipinski definition) is 1. The van der Waals surface area contributed by atoms with Crippen LogP contribution in [0.25, 0.3) is 21.9 Å². The van der Waals surface area contributed by atoms with Crippen molar-refractivity contribution in [2.75, 3.05) is 0 Å². The highest BCUT2D eigenvalue weighted by molar-refractivity contribution is 6.01. The van der Waals surface area contributed by atoms with Crippen molar-refractivity contribution in [1.29, 1.82) is 0 Å². The number of benzene rings is 1. The van der Waals surface area contributed by atoms with Crippen LogP contribution in [0.4, 0.5) is 0 Å². The van der Waals surface area contributed by atoms with Crippen LogP contribution >= 0.6 is 0 Å². The van der Waals surface area contributed by atoms with E-state index in [9.17, 15) is 4.79 Å². The number of fused-ring (bicyclic) bond motifs is 3. The second-order valence-electron chi connectivity index (χ2n) is 5.57. The summed E-state index contributed by atoms with van der Waals surface area (Å²) >= 11 is 0. The molecular formula is C17H21N3O. The van der Waals surface area contributed by atoms with Gasteiger partial charge in [0.2, 0.25) is 0 Å². The minimum atomic E-state index is -0.0185. The Morgan fingerprint density at radius 1 is 1.19 bits per heavy atom. The van der Waals surface area contributed by atoms with Crippen molar-refractivity contribution in [3.63, 3.8) is 0 Å². The molecule has 0 unspecified atom stereocenters. The zero-order valence-corrected chi connectivity index (χ0v) is 12.6.